The monoisotopic (exact) mass is 470 g/mol. The molecule has 0 radical (unpaired) electrons. The molecule has 1 saturated carbocycles. The van der Waals surface area contributed by atoms with Crippen LogP contribution in [0.2, 0.25) is 5.02 Å². The maximum Gasteiger partial charge on any atom is 0.170 e. The number of pyridine rings is 1. The van der Waals surface area contributed by atoms with Crippen LogP contribution in [0.3, 0.4) is 0 Å². The third-order valence-corrected chi connectivity index (χ3v) is 7.55. The molecule has 2 fully saturated rings. The van der Waals surface area contributed by atoms with Gasteiger partial charge in [0, 0.05) is 30.1 Å². The third kappa shape index (κ3) is 5.74. The molecule has 0 bridgehead atoms. The van der Waals surface area contributed by atoms with Crippen molar-refractivity contribution < 1.29 is 0 Å². The molecule has 2 aromatic rings. The van der Waals surface area contributed by atoms with Gasteiger partial charge in [-0.1, -0.05) is 56.8 Å². The van der Waals surface area contributed by atoms with Gasteiger partial charge in [0.2, 0.25) is 0 Å². The summed E-state index contributed by atoms with van der Waals surface area (Å²) < 4.78 is 0. The molecule has 2 atom stereocenters. The Morgan fingerprint density at radius 1 is 1.06 bits per heavy atom. The van der Waals surface area contributed by atoms with Crippen LogP contribution in [0.1, 0.15) is 57.9 Å². The smallest absolute Gasteiger partial charge is 0.170 e. The summed E-state index contributed by atoms with van der Waals surface area (Å²) in [7, 11) is 0. The Morgan fingerprint density at radius 3 is 2.38 bits per heavy atom. The van der Waals surface area contributed by atoms with Crippen molar-refractivity contribution >= 4 is 40.4 Å². The Bertz CT molecular complexity index is 883. The summed E-state index contributed by atoms with van der Waals surface area (Å²) in [4.78, 5) is 7.11. The van der Waals surface area contributed by atoms with Crippen LogP contribution >= 0.6 is 23.8 Å². The van der Waals surface area contributed by atoms with Crippen molar-refractivity contribution in [3.8, 4) is 0 Å². The van der Waals surface area contributed by atoms with Gasteiger partial charge < -0.3 is 15.5 Å². The fourth-order valence-corrected chi connectivity index (χ4v) is 5.84. The van der Waals surface area contributed by atoms with Crippen LogP contribution in [0.25, 0.3) is 0 Å². The van der Waals surface area contributed by atoms with E-state index in [1.54, 1.807) is 0 Å². The van der Waals surface area contributed by atoms with Crippen molar-refractivity contribution in [3.63, 3.8) is 0 Å². The fourth-order valence-electron chi connectivity index (χ4n) is 5.52. The summed E-state index contributed by atoms with van der Waals surface area (Å²) in [5.74, 6) is 2.47. The number of piperidine rings is 1. The molecule has 4 nitrogen and oxygen atoms in total. The molecule has 1 aromatic heterocycles. The van der Waals surface area contributed by atoms with Crippen molar-refractivity contribution in [2.24, 2.45) is 11.8 Å². The van der Waals surface area contributed by atoms with Crippen molar-refractivity contribution in [1.29, 1.82) is 0 Å². The molecule has 1 aliphatic carbocycles. The second kappa shape index (κ2) is 10.4. The van der Waals surface area contributed by atoms with E-state index in [0.29, 0.717) is 16.9 Å². The van der Waals surface area contributed by atoms with Crippen LogP contribution < -0.4 is 15.5 Å². The lowest BCUT2D eigenvalue weighted by molar-refractivity contribution is 0.292. The third-order valence-electron chi connectivity index (χ3n) is 7.05. The Labute approximate surface area is 203 Å². The van der Waals surface area contributed by atoms with E-state index in [2.05, 4.69) is 53.6 Å². The van der Waals surface area contributed by atoms with E-state index in [-0.39, 0.29) is 5.41 Å². The number of anilines is 2. The van der Waals surface area contributed by atoms with Gasteiger partial charge in [0.25, 0.3) is 0 Å². The van der Waals surface area contributed by atoms with Crippen molar-refractivity contribution in [3.05, 3.63) is 53.2 Å². The van der Waals surface area contributed by atoms with Gasteiger partial charge in [-0.05, 0) is 73.1 Å². The van der Waals surface area contributed by atoms with Gasteiger partial charge in [0.05, 0.1) is 11.9 Å². The first-order valence-corrected chi connectivity index (χ1v) is 12.7. The van der Waals surface area contributed by atoms with E-state index < -0.39 is 0 Å². The molecule has 2 heterocycles. The number of nitrogens with zero attached hydrogens (tertiary/aromatic N) is 2. The molecule has 0 spiro atoms. The van der Waals surface area contributed by atoms with Crippen molar-refractivity contribution in [1.82, 2.24) is 10.3 Å². The minimum atomic E-state index is 0.109. The number of aromatic nitrogens is 1. The summed E-state index contributed by atoms with van der Waals surface area (Å²) in [6.45, 7) is 7.64. The molecule has 6 heteroatoms. The minimum absolute atomic E-state index is 0.109. The van der Waals surface area contributed by atoms with Crippen LogP contribution in [0.5, 0.6) is 0 Å². The molecule has 4 rings (SSSR count). The molecule has 1 saturated heterocycles. The molecule has 172 valence electrons. The van der Waals surface area contributed by atoms with Crippen LogP contribution in [-0.4, -0.2) is 29.7 Å². The highest BCUT2D eigenvalue weighted by atomic mass is 35.5. The maximum atomic E-state index is 6.13. The first-order chi connectivity index (χ1) is 15.4. The van der Waals surface area contributed by atoms with Crippen LogP contribution in [-0.2, 0) is 5.41 Å². The lowest BCUT2D eigenvalue weighted by atomic mass is 9.69. The maximum absolute atomic E-state index is 6.13. The molecule has 2 N–H and O–H groups in total. The van der Waals surface area contributed by atoms with E-state index in [4.69, 9.17) is 28.8 Å². The van der Waals surface area contributed by atoms with E-state index in [9.17, 15) is 0 Å². The summed E-state index contributed by atoms with van der Waals surface area (Å²) >= 11 is 11.8. The van der Waals surface area contributed by atoms with Crippen LogP contribution in [0.15, 0.2) is 42.6 Å². The molecular formula is C26H35ClN4S. The topological polar surface area (TPSA) is 40.2 Å². The Morgan fingerprint density at radius 2 is 1.75 bits per heavy atom. The van der Waals surface area contributed by atoms with Crippen molar-refractivity contribution in [2.75, 3.05) is 29.9 Å². The molecule has 32 heavy (non-hydrogen) atoms. The van der Waals surface area contributed by atoms with Gasteiger partial charge in [-0.25, -0.2) is 4.98 Å². The first kappa shape index (κ1) is 23.3. The second-order valence-corrected chi connectivity index (χ2v) is 10.8. The Kier molecular flexibility index (Phi) is 7.57. The van der Waals surface area contributed by atoms with Gasteiger partial charge in [0.1, 0.15) is 5.82 Å². The van der Waals surface area contributed by atoms with Gasteiger partial charge in [-0.2, -0.15) is 0 Å². The Balaban J connectivity index is 1.36. The SMILES string of the molecule is C[C@@H]1C[C@@H](C)CN(c2ccc(NC(=S)NCC3(c4ccc(Cl)cc4)CCCCC3)cn2)C1. The highest BCUT2D eigenvalue weighted by Crippen LogP contribution is 2.39. The van der Waals surface area contributed by atoms with Crippen LogP contribution in [0, 0.1) is 11.8 Å². The number of benzene rings is 1. The average Bonchev–Trinajstić information content (AvgIpc) is 2.79. The van der Waals surface area contributed by atoms with E-state index >= 15 is 0 Å². The zero-order valence-electron chi connectivity index (χ0n) is 19.2. The summed E-state index contributed by atoms with van der Waals surface area (Å²) in [5, 5.41) is 8.26. The predicted octanol–water partition coefficient (Wildman–Crippen LogP) is 6.41. The fraction of sp³-hybridized carbons (Fsp3) is 0.538. The number of thiocarbonyl (C=S) groups is 1. The summed E-state index contributed by atoms with van der Waals surface area (Å²) in [6, 6.07) is 12.5. The Hall–Kier alpha value is -1.85. The highest BCUT2D eigenvalue weighted by Gasteiger charge is 2.34. The van der Waals surface area contributed by atoms with Gasteiger partial charge in [0.15, 0.2) is 5.11 Å². The lowest BCUT2D eigenvalue weighted by Gasteiger charge is -2.38. The number of hydrogen-bond donors (Lipinski definition) is 2. The highest BCUT2D eigenvalue weighted by molar-refractivity contribution is 7.80. The molecular weight excluding hydrogens is 436 g/mol. The standard InChI is InChI=1S/C26H35ClN4S/c1-19-14-20(2)17-31(16-19)24-11-10-23(15-28-24)30-25(32)29-18-26(12-4-3-5-13-26)21-6-8-22(27)9-7-21/h6-11,15,19-20H,3-5,12-14,16-18H2,1-2H3,(H2,29,30,32)/t19-,20-/m1/s1. The van der Waals surface area contributed by atoms with Gasteiger partial charge >= 0.3 is 0 Å². The van der Waals surface area contributed by atoms with Crippen molar-refractivity contribution in [2.45, 2.75) is 57.8 Å². The number of nitrogens with one attached hydrogen (secondary N) is 2. The van der Waals surface area contributed by atoms with E-state index in [0.717, 1.165) is 36.2 Å². The van der Waals surface area contributed by atoms with E-state index in [1.807, 2.05) is 18.3 Å². The first-order valence-electron chi connectivity index (χ1n) is 12.0. The molecule has 0 unspecified atom stereocenters. The number of hydrogen-bond acceptors (Lipinski definition) is 3. The quantitative estimate of drug-likeness (QED) is 0.494. The summed E-state index contributed by atoms with van der Waals surface area (Å²) in [5.41, 5.74) is 2.39. The van der Waals surface area contributed by atoms with E-state index in [1.165, 1.54) is 44.1 Å². The van der Waals surface area contributed by atoms with Gasteiger partial charge in [-0.3, -0.25) is 0 Å². The predicted molar refractivity (Wildman–Crippen MR) is 140 cm³/mol. The molecule has 0 amide bonds. The number of halogens is 1. The zero-order valence-corrected chi connectivity index (χ0v) is 20.8. The molecule has 1 aromatic carbocycles. The largest absolute Gasteiger partial charge is 0.362 e. The lowest BCUT2D eigenvalue weighted by Crippen LogP contribution is -2.43. The normalized spacial score (nSPS) is 22.9. The molecule has 2 aliphatic rings. The molecule has 1 aliphatic heterocycles. The minimum Gasteiger partial charge on any atom is -0.362 e. The zero-order chi connectivity index (χ0) is 22.6. The average molecular weight is 471 g/mol. The summed E-state index contributed by atoms with van der Waals surface area (Å²) in [6.07, 6.45) is 9.36. The number of rotatable bonds is 5. The van der Waals surface area contributed by atoms with Gasteiger partial charge in [-0.15, -0.1) is 0 Å². The second-order valence-electron chi connectivity index (χ2n) is 9.91. The van der Waals surface area contributed by atoms with Crippen LogP contribution in [0.4, 0.5) is 11.5 Å².